The van der Waals surface area contributed by atoms with Gasteiger partial charge in [-0.15, -0.1) is 0 Å². The SMILES string of the molecule is Cc1ccccc1CSCC1CCC(C(=O)NN)O1. The van der Waals surface area contributed by atoms with Crippen LogP contribution in [0.2, 0.25) is 0 Å². The lowest BCUT2D eigenvalue weighted by Gasteiger charge is -2.12. The first-order valence-corrected chi connectivity index (χ1v) is 7.64. The first kappa shape index (κ1) is 14.4. The maximum atomic E-state index is 11.3. The van der Waals surface area contributed by atoms with Gasteiger partial charge in [0.05, 0.1) is 6.10 Å². The lowest BCUT2D eigenvalue weighted by atomic mass is 10.1. The fourth-order valence-corrected chi connectivity index (χ4v) is 3.36. The normalized spacial score (nSPS) is 22.4. The Kier molecular flexibility index (Phi) is 5.24. The Hall–Kier alpha value is -1.04. The number of hydrogen-bond donors (Lipinski definition) is 2. The van der Waals surface area contributed by atoms with E-state index in [1.165, 1.54) is 11.1 Å². The molecule has 4 nitrogen and oxygen atoms in total. The van der Waals surface area contributed by atoms with Crippen molar-refractivity contribution in [3.05, 3.63) is 35.4 Å². The van der Waals surface area contributed by atoms with Crippen LogP contribution in [0.5, 0.6) is 0 Å². The Morgan fingerprint density at radius 2 is 2.26 bits per heavy atom. The molecule has 2 rings (SSSR count). The second-order valence-corrected chi connectivity index (χ2v) is 5.80. The summed E-state index contributed by atoms with van der Waals surface area (Å²) in [5.74, 6) is 6.79. The van der Waals surface area contributed by atoms with E-state index in [0.29, 0.717) is 0 Å². The molecule has 0 radical (unpaired) electrons. The number of nitrogens with two attached hydrogens (primary N) is 1. The highest BCUT2D eigenvalue weighted by Crippen LogP contribution is 2.25. The maximum absolute atomic E-state index is 11.3. The molecule has 0 aromatic heterocycles. The van der Waals surface area contributed by atoms with Crippen molar-refractivity contribution < 1.29 is 9.53 Å². The molecular weight excluding hydrogens is 260 g/mol. The summed E-state index contributed by atoms with van der Waals surface area (Å²) < 4.78 is 5.67. The highest BCUT2D eigenvalue weighted by molar-refractivity contribution is 7.98. The van der Waals surface area contributed by atoms with Crippen molar-refractivity contribution in [1.29, 1.82) is 0 Å². The van der Waals surface area contributed by atoms with Gasteiger partial charge < -0.3 is 4.74 Å². The molecule has 1 fully saturated rings. The van der Waals surface area contributed by atoms with E-state index in [2.05, 4.69) is 36.6 Å². The molecule has 1 amide bonds. The minimum atomic E-state index is -0.367. The maximum Gasteiger partial charge on any atom is 0.263 e. The van der Waals surface area contributed by atoms with Gasteiger partial charge in [0.15, 0.2) is 0 Å². The molecule has 5 heteroatoms. The number of carbonyl (C=O) groups is 1. The highest BCUT2D eigenvalue weighted by atomic mass is 32.2. The van der Waals surface area contributed by atoms with E-state index in [9.17, 15) is 4.79 Å². The molecular formula is C14H20N2O2S. The summed E-state index contributed by atoms with van der Waals surface area (Å²) in [5, 5.41) is 0. The van der Waals surface area contributed by atoms with E-state index in [4.69, 9.17) is 10.6 Å². The van der Waals surface area contributed by atoms with E-state index in [-0.39, 0.29) is 18.1 Å². The van der Waals surface area contributed by atoms with Gasteiger partial charge in [-0.1, -0.05) is 24.3 Å². The molecule has 104 valence electrons. The lowest BCUT2D eigenvalue weighted by molar-refractivity contribution is -0.131. The van der Waals surface area contributed by atoms with Crippen LogP contribution in [0.3, 0.4) is 0 Å². The van der Waals surface area contributed by atoms with Crippen molar-refractivity contribution in [2.24, 2.45) is 5.84 Å². The Bertz CT molecular complexity index is 439. The van der Waals surface area contributed by atoms with Gasteiger partial charge in [-0.05, 0) is 30.9 Å². The van der Waals surface area contributed by atoms with Crippen LogP contribution in [-0.2, 0) is 15.3 Å². The molecule has 3 N–H and O–H groups in total. The number of benzene rings is 1. The predicted octanol–water partition coefficient (Wildman–Crippen LogP) is 1.77. The van der Waals surface area contributed by atoms with Gasteiger partial charge >= 0.3 is 0 Å². The van der Waals surface area contributed by atoms with Gasteiger partial charge in [0, 0.05) is 11.5 Å². The van der Waals surface area contributed by atoms with E-state index >= 15 is 0 Å². The molecule has 2 atom stereocenters. The Morgan fingerprint density at radius 3 is 3.00 bits per heavy atom. The van der Waals surface area contributed by atoms with Gasteiger partial charge in [-0.2, -0.15) is 11.8 Å². The molecule has 0 saturated carbocycles. The summed E-state index contributed by atoms with van der Waals surface area (Å²) in [6.07, 6.45) is 1.49. The van der Waals surface area contributed by atoms with Crippen LogP contribution in [0.4, 0.5) is 0 Å². The van der Waals surface area contributed by atoms with Crippen molar-refractivity contribution in [1.82, 2.24) is 5.43 Å². The van der Waals surface area contributed by atoms with Crippen LogP contribution in [0, 0.1) is 6.92 Å². The number of hydrogen-bond acceptors (Lipinski definition) is 4. The minimum Gasteiger partial charge on any atom is -0.364 e. The summed E-state index contributed by atoms with van der Waals surface area (Å²) in [7, 11) is 0. The zero-order chi connectivity index (χ0) is 13.7. The minimum absolute atomic E-state index is 0.163. The van der Waals surface area contributed by atoms with Gasteiger partial charge in [0.2, 0.25) is 0 Å². The molecule has 1 aliphatic heterocycles. The second-order valence-electron chi connectivity index (χ2n) is 4.77. The molecule has 1 aromatic rings. The smallest absolute Gasteiger partial charge is 0.263 e. The zero-order valence-corrected chi connectivity index (χ0v) is 11.9. The third-order valence-corrected chi connectivity index (χ3v) is 4.49. The van der Waals surface area contributed by atoms with Crippen molar-refractivity contribution in [2.45, 2.75) is 37.7 Å². The van der Waals surface area contributed by atoms with Crippen LogP contribution < -0.4 is 11.3 Å². The van der Waals surface area contributed by atoms with Crippen molar-refractivity contribution >= 4 is 17.7 Å². The number of thioether (sulfide) groups is 1. The van der Waals surface area contributed by atoms with Crippen LogP contribution in [0.15, 0.2) is 24.3 Å². The number of hydrazine groups is 1. The molecule has 19 heavy (non-hydrogen) atoms. The topological polar surface area (TPSA) is 64.4 Å². The van der Waals surface area contributed by atoms with E-state index in [1.54, 1.807) is 0 Å². The molecule has 0 aliphatic carbocycles. The molecule has 2 unspecified atom stereocenters. The van der Waals surface area contributed by atoms with Crippen LogP contribution >= 0.6 is 11.8 Å². The number of carbonyl (C=O) groups excluding carboxylic acids is 1. The number of ether oxygens (including phenoxy) is 1. The zero-order valence-electron chi connectivity index (χ0n) is 11.1. The van der Waals surface area contributed by atoms with Crippen LogP contribution in [0.1, 0.15) is 24.0 Å². The van der Waals surface area contributed by atoms with Crippen molar-refractivity contribution in [3.63, 3.8) is 0 Å². The Balaban J connectivity index is 1.73. The summed E-state index contributed by atoms with van der Waals surface area (Å²) in [6, 6.07) is 8.41. The number of amides is 1. The molecule has 1 heterocycles. The standard InChI is InChI=1S/C14H20N2O2S/c1-10-4-2-3-5-11(10)8-19-9-12-6-7-13(18-12)14(17)16-15/h2-5,12-13H,6-9,15H2,1H3,(H,16,17). The average Bonchev–Trinajstić information content (AvgIpc) is 2.89. The first-order chi connectivity index (χ1) is 9.20. The van der Waals surface area contributed by atoms with Gasteiger partial charge in [-0.25, -0.2) is 5.84 Å². The highest BCUT2D eigenvalue weighted by Gasteiger charge is 2.29. The fourth-order valence-electron chi connectivity index (χ4n) is 2.19. The fraction of sp³-hybridized carbons (Fsp3) is 0.500. The van der Waals surface area contributed by atoms with Gasteiger partial charge in [0.25, 0.3) is 5.91 Å². The number of nitrogens with one attached hydrogen (secondary N) is 1. The van der Waals surface area contributed by atoms with Gasteiger partial charge in [0.1, 0.15) is 6.10 Å². The monoisotopic (exact) mass is 280 g/mol. The summed E-state index contributed by atoms with van der Waals surface area (Å²) in [5.41, 5.74) is 4.83. The second kappa shape index (κ2) is 6.93. The van der Waals surface area contributed by atoms with E-state index < -0.39 is 0 Å². The average molecular weight is 280 g/mol. The molecule has 1 aromatic carbocycles. The third kappa shape index (κ3) is 3.96. The molecule has 1 aliphatic rings. The number of rotatable bonds is 5. The molecule has 0 spiro atoms. The summed E-state index contributed by atoms with van der Waals surface area (Å²) in [6.45, 7) is 2.13. The van der Waals surface area contributed by atoms with Crippen molar-refractivity contribution in [3.8, 4) is 0 Å². The van der Waals surface area contributed by atoms with Crippen molar-refractivity contribution in [2.75, 3.05) is 5.75 Å². The van der Waals surface area contributed by atoms with E-state index in [1.807, 2.05) is 11.8 Å². The summed E-state index contributed by atoms with van der Waals surface area (Å²) >= 11 is 1.85. The van der Waals surface area contributed by atoms with Crippen LogP contribution in [-0.4, -0.2) is 23.9 Å². The lowest BCUT2D eigenvalue weighted by Crippen LogP contribution is -2.39. The molecule has 1 saturated heterocycles. The largest absolute Gasteiger partial charge is 0.364 e. The third-order valence-electron chi connectivity index (χ3n) is 3.36. The van der Waals surface area contributed by atoms with Crippen LogP contribution in [0.25, 0.3) is 0 Å². The molecule has 0 bridgehead atoms. The first-order valence-electron chi connectivity index (χ1n) is 6.49. The Morgan fingerprint density at radius 1 is 1.47 bits per heavy atom. The summed E-state index contributed by atoms with van der Waals surface area (Å²) in [4.78, 5) is 11.3. The predicted molar refractivity (Wildman–Crippen MR) is 77.6 cm³/mol. The van der Waals surface area contributed by atoms with Gasteiger partial charge in [-0.3, -0.25) is 10.2 Å². The Labute approximate surface area is 118 Å². The van der Waals surface area contributed by atoms with E-state index in [0.717, 1.165) is 24.3 Å². The number of aryl methyl sites for hydroxylation is 1. The quantitative estimate of drug-likeness (QED) is 0.490.